The van der Waals surface area contributed by atoms with E-state index in [1.807, 2.05) is 36.4 Å². The minimum absolute atomic E-state index is 0.128. The maximum Gasteiger partial charge on any atom is 0.261 e. The average molecular weight is 364 g/mol. The Bertz CT molecular complexity index is 975. The average Bonchev–Trinajstić information content (AvgIpc) is 2.70. The fraction of sp³-hybridized carbons (Fsp3) is 0.286. The Morgan fingerprint density at radius 3 is 2.48 bits per heavy atom. The van der Waals surface area contributed by atoms with Gasteiger partial charge in [-0.2, -0.15) is 0 Å². The fourth-order valence-corrected chi connectivity index (χ4v) is 3.06. The number of fused-ring (bicyclic) bond motifs is 1. The van der Waals surface area contributed by atoms with Crippen molar-refractivity contribution in [1.82, 2.24) is 9.55 Å². The van der Waals surface area contributed by atoms with Crippen molar-refractivity contribution >= 4 is 28.2 Å². The number of hydrogen-bond acceptors (Lipinski definition) is 4. The summed E-state index contributed by atoms with van der Waals surface area (Å²) >= 11 is 0. The van der Waals surface area contributed by atoms with Crippen LogP contribution in [0.5, 0.6) is 0 Å². The second-order valence-corrected chi connectivity index (χ2v) is 6.28. The predicted molar refractivity (Wildman–Crippen MR) is 109 cm³/mol. The second kappa shape index (κ2) is 8.49. The molecule has 0 atom stereocenters. The predicted octanol–water partition coefficient (Wildman–Crippen LogP) is 3.27. The highest BCUT2D eigenvalue weighted by Crippen LogP contribution is 2.17. The lowest BCUT2D eigenvalue weighted by Gasteiger charge is -2.21. The molecule has 0 radical (unpaired) electrons. The van der Waals surface area contributed by atoms with Gasteiger partial charge in [0, 0.05) is 37.4 Å². The van der Waals surface area contributed by atoms with E-state index in [1.165, 1.54) is 10.9 Å². The highest BCUT2D eigenvalue weighted by atomic mass is 16.1. The van der Waals surface area contributed by atoms with Crippen molar-refractivity contribution in [2.24, 2.45) is 0 Å². The van der Waals surface area contributed by atoms with E-state index < -0.39 is 0 Å². The zero-order valence-corrected chi connectivity index (χ0v) is 15.7. The first-order valence-electron chi connectivity index (χ1n) is 9.21. The van der Waals surface area contributed by atoms with Crippen LogP contribution in [0.2, 0.25) is 0 Å². The summed E-state index contributed by atoms with van der Waals surface area (Å²) in [5.74, 6) is -0.134. The molecule has 6 heteroatoms. The summed E-state index contributed by atoms with van der Waals surface area (Å²) in [6.07, 6.45) is 1.70. The number of aryl methyl sites for hydroxylation is 1. The van der Waals surface area contributed by atoms with Gasteiger partial charge in [0.1, 0.15) is 0 Å². The van der Waals surface area contributed by atoms with Crippen LogP contribution in [0.15, 0.2) is 59.7 Å². The number of aromatic nitrogens is 2. The molecule has 140 valence electrons. The van der Waals surface area contributed by atoms with Crippen LogP contribution in [0, 0.1) is 0 Å². The molecule has 1 amide bonds. The Morgan fingerprint density at radius 1 is 1.07 bits per heavy atom. The van der Waals surface area contributed by atoms with Crippen LogP contribution in [0.3, 0.4) is 0 Å². The van der Waals surface area contributed by atoms with E-state index in [0.717, 1.165) is 24.5 Å². The van der Waals surface area contributed by atoms with Crippen molar-refractivity contribution in [3.05, 3.63) is 65.2 Å². The molecule has 0 saturated carbocycles. The summed E-state index contributed by atoms with van der Waals surface area (Å²) in [6, 6.07) is 15.0. The fourth-order valence-electron chi connectivity index (χ4n) is 3.06. The molecule has 2 aromatic carbocycles. The molecule has 1 aromatic heterocycles. The summed E-state index contributed by atoms with van der Waals surface area (Å²) in [4.78, 5) is 31.2. The van der Waals surface area contributed by atoms with E-state index in [9.17, 15) is 9.59 Å². The summed E-state index contributed by atoms with van der Waals surface area (Å²) in [6.45, 7) is 6.40. The molecule has 1 N–H and O–H groups in total. The van der Waals surface area contributed by atoms with E-state index >= 15 is 0 Å². The zero-order chi connectivity index (χ0) is 19.2. The number of carbonyl (C=O) groups excluding carboxylic acids is 1. The minimum atomic E-state index is -0.134. The number of rotatable bonds is 7. The van der Waals surface area contributed by atoms with Gasteiger partial charge < -0.3 is 10.2 Å². The van der Waals surface area contributed by atoms with Crippen molar-refractivity contribution in [1.29, 1.82) is 0 Å². The lowest BCUT2D eigenvalue weighted by Crippen LogP contribution is -2.23. The zero-order valence-electron chi connectivity index (χ0n) is 15.7. The van der Waals surface area contributed by atoms with Gasteiger partial charge in [-0.15, -0.1) is 0 Å². The third-order valence-electron chi connectivity index (χ3n) is 4.59. The van der Waals surface area contributed by atoms with Gasteiger partial charge in [0.25, 0.3) is 5.56 Å². The van der Waals surface area contributed by atoms with Gasteiger partial charge in [0.05, 0.1) is 17.2 Å². The van der Waals surface area contributed by atoms with E-state index in [-0.39, 0.29) is 17.9 Å². The number of carbonyl (C=O) groups is 1. The Balaban J connectivity index is 1.62. The third-order valence-corrected chi connectivity index (χ3v) is 4.59. The molecule has 0 aliphatic carbocycles. The molecule has 6 nitrogen and oxygen atoms in total. The number of anilines is 2. The smallest absolute Gasteiger partial charge is 0.261 e. The molecular formula is C21H24N4O2. The Hall–Kier alpha value is -3.15. The topological polar surface area (TPSA) is 67.2 Å². The number of benzene rings is 2. The quantitative estimate of drug-likeness (QED) is 0.699. The van der Waals surface area contributed by atoms with Crippen LogP contribution in [-0.2, 0) is 11.3 Å². The number of nitrogens with zero attached hydrogens (tertiary/aromatic N) is 3. The maximum absolute atomic E-state index is 12.4. The molecule has 0 spiro atoms. The summed E-state index contributed by atoms with van der Waals surface area (Å²) < 4.78 is 1.48. The molecule has 1 heterocycles. The monoisotopic (exact) mass is 364 g/mol. The van der Waals surface area contributed by atoms with Crippen molar-refractivity contribution < 1.29 is 4.79 Å². The van der Waals surface area contributed by atoms with Crippen molar-refractivity contribution in [2.75, 3.05) is 23.3 Å². The van der Waals surface area contributed by atoms with Gasteiger partial charge in [-0.05, 0) is 50.2 Å². The number of nitrogens with one attached hydrogen (secondary N) is 1. The minimum Gasteiger partial charge on any atom is -0.372 e. The summed E-state index contributed by atoms with van der Waals surface area (Å²) in [7, 11) is 0. The number of para-hydroxylation sites is 1. The summed E-state index contributed by atoms with van der Waals surface area (Å²) in [5.41, 5.74) is 2.42. The van der Waals surface area contributed by atoms with Gasteiger partial charge in [-0.3, -0.25) is 14.2 Å². The van der Waals surface area contributed by atoms with Gasteiger partial charge in [-0.1, -0.05) is 12.1 Å². The molecule has 0 fully saturated rings. The molecular weight excluding hydrogens is 340 g/mol. The first-order valence-corrected chi connectivity index (χ1v) is 9.21. The molecule has 0 aliphatic rings. The van der Waals surface area contributed by atoms with Crippen LogP contribution in [0.25, 0.3) is 10.9 Å². The Labute approximate surface area is 158 Å². The maximum atomic E-state index is 12.4. The first kappa shape index (κ1) is 18.6. The third kappa shape index (κ3) is 4.34. The van der Waals surface area contributed by atoms with Crippen molar-refractivity contribution in [3.8, 4) is 0 Å². The molecule has 27 heavy (non-hydrogen) atoms. The SMILES string of the molecule is CCN(CC)c1ccc(NC(=O)CCn2cnc3ccccc3c2=O)cc1. The molecule has 3 aromatic rings. The van der Waals surface area contributed by atoms with E-state index in [0.29, 0.717) is 17.4 Å². The number of amides is 1. The molecule has 0 saturated heterocycles. The van der Waals surface area contributed by atoms with Gasteiger partial charge in [-0.25, -0.2) is 4.98 Å². The van der Waals surface area contributed by atoms with Crippen LogP contribution < -0.4 is 15.8 Å². The lowest BCUT2D eigenvalue weighted by atomic mass is 10.2. The van der Waals surface area contributed by atoms with Crippen LogP contribution in [0.4, 0.5) is 11.4 Å². The summed E-state index contributed by atoms with van der Waals surface area (Å²) in [5, 5.41) is 3.44. The Kier molecular flexibility index (Phi) is 5.86. The lowest BCUT2D eigenvalue weighted by molar-refractivity contribution is -0.116. The molecule has 3 rings (SSSR count). The highest BCUT2D eigenvalue weighted by Gasteiger charge is 2.07. The number of hydrogen-bond donors (Lipinski definition) is 1. The van der Waals surface area contributed by atoms with Crippen molar-refractivity contribution in [2.45, 2.75) is 26.8 Å². The van der Waals surface area contributed by atoms with Crippen molar-refractivity contribution in [3.63, 3.8) is 0 Å². The van der Waals surface area contributed by atoms with Crippen LogP contribution in [0.1, 0.15) is 20.3 Å². The highest BCUT2D eigenvalue weighted by molar-refractivity contribution is 5.90. The normalized spacial score (nSPS) is 10.7. The van der Waals surface area contributed by atoms with E-state index in [4.69, 9.17) is 0 Å². The van der Waals surface area contributed by atoms with Crippen LogP contribution in [-0.4, -0.2) is 28.5 Å². The van der Waals surface area contributed by atoms with Gasteiger partial charge in [0.2, 0.25) is 5.91 Å². The first-order chi connectivity index (χ1) is 13.1. The largest absolute Gasteiger partial charge is 0.372 e. The van der Waals surface area contributed by atoms with Gasteiger partial charge in [0.15, 0.2) is 0 Å². The molecule has 0 aliphatic heterocycles. The molecule has 0 unspecified atom stereocenters. The van der Waals surface area contributed by atoms with Crippen LogP contribution >= 0.6 is 0 Å². The second-order valence-electron chi connectivity index (χ2n) is 6.28. The Morgan fingerprint density at radius 2 is 1.78 bits per heavy atom. The standard InChI is InChI=1S/C21H24N4O2/c1-3-24(4-2)17-11-9-16(10-12-17)23-20(26)13-14-25-15-22-19-8-6-5-7-18(19)21(25)27/h5-12,15H,3-4,13-14H2,1-2H3,(H,23,26). The molecule has 0 bridgehead atoms. The van der Waals surface area contributed by atoms with E-state index in [2.05, 4.69) is 29.0 Å². The van der Waals surface area contributed by atoms with E-state index in [1.54, 1.807) is 12.1 Å². The van der Waals surface area contributed by atoms with Gasteiger partial charge >= 0.3 is 0 Å².